The van der Waals surface area contributed by atoms with Gasteiger partial charge in [-0.15, -0.1) is 0 Å². The van der Waals surface area contributed by atoms with Crippen molar-refractivity contribution in [1.82, 2.24) is 0 Å². The van der Waals surface area contributed by atoms with Crippen LogP contribution >= 0.6 is 22.6 Å². The summed E-state index contributed by atoms with van der Waals surface area (Å²) >= 11 is 2.04. The molecule has 0 amide bonds. The van der Waals surface area contributed by atoms with Crippen molar-refractivity contribution in [3.8, 4) is 0 Å². The number of rotatable bonds is 1. The third kappa shape index (κ3) is 2.02. The molecular weight excluding hydrogens is 245 g/mol. The Labute approximate surface area is 72.1 Å². The average molecular weight is 251 g/mol. The van der Waals surface area contributed by atoms with Crippen LogP contribution in [-0.2, 0) is 0 Å². The van der Waals surface area contributed by atoms with Gasteiger partial charge in [0.2, 0.25) is 6.21 Å². The fourth-order valence-electron chi connectivity index (χ4n) is 0.577. The summed E-state index contributed by atoms with van der Waals surface area (Å²) in [6.45, 7) is 0. The molecule has 4 heteroatoms. The van der Waals surface area contributed by atoms with Gasteiger partial charge < -0.3 is 9.62 Å². The molecule has 0 aliphatic heterocycles. The highest BCUT2D eigenvalue weighted by Crippen LogP contribution is 2.07. The molecule has 3 nitrogen and oxygen atoms in total. The fraction of sp³-hybridized carbons (Fsp3) is 0.167. The molecule has 0 aromatic carbocycles. The van der Waals surface area contributed by atoms with Gasteiger partial charge in [-0.3, -0.25) is 0 Å². The molecule has 0 unspecified atom stereocenters. The molecule has 0 aliphatic carbocycles. The van der Waals surface area contributed by atoms with Crippen LogP contribution in [0.15, 0.2) is 16.5 Å². The Morgan fingerprint density at radius 1 is 1.70 bits per heavy atom. The maximum absolute atomic E-state index is 10.4. The lowest BCUT2D eigenvalue weighted by Gasteiger charge is -1.90. The molecule has 0 spiro atoms. The van der Waals surface area contributed by atoms with E-state index in [1.807, 2.05) is 22.6 Å². The van der Waals surface area contributed by atoms with Gasteiger partial charge in [0.1, 0.15) is 7.05 Å². The predicted molar refractivity (Wildman–Crippen MR) is 46.1 cm³/mol. The van der Waals surface area contributed by atoms with Gasteiger partial charge in [0.05, 0.1) is 0 Å². The monoisotopic (exact) mass is 251 g/mol. The van der Waals surface area contributed by atoms with E-state index < -0.39 is 0 Å². The van der Waals surface area contributed by atoms with Gasteiger partial charge in [0.25, 0.3) is 0 Å². The summed E-state index contributed by atoms with van der Waals surface area (Å²) in [5, 5.41) is 10.4. The average Bonchev–Trinajstić information content (AvgIpc) is 2.13. The first kappa shape index (κ1) is 7.59. The lowest BCUT2D eigenvalue weighted by Crippen LogP contribution is -1.95. The molecule has 0 aliphatic rings. The van der Waals surface area contributed by atoms with Crippen molar-refractivity contribution in [2.24, 2.45) is 0 Å². The van der Waals surface area contributed by atoms with Gasteiger partial charge >= 0.3 is 0 Å². The molecule has 0 fully saturated rings. The molecule has 0 saturated heterocycles. The Morgan fingerprint density at radius 3 is 2.80 bits per heavy atom. The summed E-state index contributed by atoms with van der Waals surface area (Å²) in [7, 11) is 1.41. The van der Waals surface area contributed by atoms with Crippen molar-refractivity contribution in [3.63, 3.8) is 0 Å². The van der Waals surface area contributed by atoms with Crippen molar-refractivity contribution in [2.45, 2.75) is 0 Å². The third-order valence-electron chi connectivity index (χ3n) is 0.903. The molecule has 0 saturated carbocycles. The Bertz CT molecular complexity index is 250. The number of hydroxylamine groups is 1. The highest BCUT2D eigenvalue weighted by atomic mass is 127. The maximum Gasteiger partial charge on any atom is 0.217 e. The van der Waals surface area contributed by atoms with Crippen LogP contribution in [0.25, 0.3) is 0 Å². The van der Waals surface area contributed by atoms with Crippen LogP contribution in [0.5, 0.6) is 0 Å². The highest BCUT2D eigenvalue weighted by molar-refractivity contribution is 14.1. The minimum Gasteiger partial charge on any atom is -0.624 e. The van der Waals surface area contributed by atoms with Gasteiger partial charge in [-0.2, -0.15) is 0 Å². The number of nitrogens with zero attached hydrogens (tertiary/aromatic N) is 1. The minimum absolute atomic E-state index is 0.585. The van der Waals surface area contributed by atoms with Crippen LogP contribution in [0.2, 0.25) is 0 Å². The third-order valence-corrected chi connectivity index (χ3v) is 1.48. The lowest BCUT2D eigenvalue weighted by atomic mass is 10.5. The van der Waals surface area contributed by atoms with Crippen LogP contribution in [-0.4, -0.2) is 18.0 Å². The second-order valence-corrected chi connectivity index (χ2v) is 2.88. The van der Waals surface area contributed by atoms with E-state index in [9.17, 15) is 5.21 Å². The topological polar surface area (TPSA) is 39.2 Å². The number of halogens is 1. The Balaban J connectivity index is 2.86. The van der Waals surface area contributed by atoms with E-state index in [0.717, 1.165) is 3.77 Å². The molecule has 10 heavy (non-hydrogen) atoms. The molecule has 0 radical (unpaired) electrons. The molecule has 1 aromatic rings. The standard InChI is InChI=1S/C6H6INO2/c1-8(9)4-5-2-3-6(7)10-5/h2-4H,1H3/b8-4-. The van der Waals surface area contributed by atoms with E-state index in [2.05, 4.69) is 0 Å². The molecule has 54 valence electrons. The van der Waals surface area contributed by atoms with E-state index >= 15 is 0 Å². The zero-order valence-electron chi connectivity index (χ0n) is 5.37. The largest absolute Gasteiger partial charge is 0.624 e. The van der Waals surface area contributed by atoms with Gasteiger partial charge in [0.15, 0.2) is 9.53 Å². The summed E-state index contributed by atoms with van der Waals surface area (Å²) < 4.78 is 6.57. The highest BCUT2D eigenvalue weighted by Gasteiger charge is 1.96. The van der Waals surface area contributed by atoms with E-state index in [-0.39, 0.29) is 0 Å². The Morgan fingerprint density at radius 2 is 2.40 bits per heavy atom. The lowest BCUT2D eigenvalue weighted by molar-refractivity contribution is -0.417. The van der Waals surface area contributed by atoms with Gasteiger partial charge in [-0.25, -0.2) is 4.74 Å². The van der Waals surface area contributed by atoms with Gasteiger partial charge in [0, 0.05) is 0 Å². The van der Waals surface area contributed by atoms with Crippen molar-refractivity contribution >= 4 is 28.8 Å². The molecule has 0 atom stereocenters. The molecular formula is C6H6INO2. The summed E-state index contributed by atoms with van der Waals surface area (Å²) in [6, 6.07) is 3.55. The smallest absolute Gasteiger partial charge is 0.217 e. The zero-order chi connectivity index (χ0) is 7.56. The summed E-state index contributed by atoms with van der Waals surface area (Å²) in [4.78, 5) is 0. The number of furan rings is 1. The van der Waals surface area contributed by atoms with Crippen LogP contribution in [0.4, 0.5) is 0 Å². The molecule has 1 aromatic heterocycles. The zero-order valence-corrected chi connectivity index (χ0v) is 7.53. The summed E-state index contributed by atoms with van der Waals surface area (Å²) in [6.07, 6.45) is 1.38. The predicted octanol–water partition coefficient (Wildman–Crippen LogP) is 1.44. The first-order valence-electron chi connectivity index (χ1n) is 2.68. The van der Waals surface area contributed by atoms with Crippen molar-refractivity contribution in [2.75, 3.05) is 7.05 Å². The first-order valence-corrected chi connectivity index (χ1v) is 3.76. The number of hydrogen-bond acceptors (Lipinski definition) is 2. The van der Waals surface area contributed by atoms with E-state index in [1.165, 1.54) is 13.3 Å². The first-order chi connectivity index (χ1) is 4.68. The van der Waals surface area contributed by atoms with Crippen molar-refractivity contribution in [3.05, 3.63) is 26.9 Å². The maximum atomic E-state index is 10.4. The van der Waals surface area contributed by atoms with Crippen LogP contribution < -0.4 is 0 Å². The summed E-state index contributed by atoms with van der Waals surface area (Å²) in [5.41, 5.74) is 0. The van der Waals surface area contributed by atoms with E-state index in [1.54, 1.807) is 12.1 Å². The Kier molecular flexibility index (Phi) is 2.31. The number of hydrogen-bond donors (Lipinski definition) is 0. The van der Waals surface area contributed by atoms with Gasteiger partial charge in [-0.05, 0) is 34.7 Å². The van der Waals surface area contributed by atoms with Crippen LogP contribution in [0, 0.1) is 8.97 Å². The molecule has 0 bridgehead atoms. The van der Waals surface area contributed by atoms with Crippen molar-refractivity contribution < 1.29 is 9.16 Å². The second-order valence-electron chi connectivity index (χ2n) is 1.82. The minimum atomic E-state index is 0.585. The fourth-order valence-corrected chi connectivity index (χ4v) is 1.01. The van der Waals surface area contributed by atoms with Gasteiger partial charge in [-0.1, -0.05) is 0 Å². The van der Waals surface area contributed by atoms with Crippen molar-refractivity contribution in [1.29, 1.82) is 0 Å². The normalized spacial score (nSPS) is 12.0. The molecule has 1 heterocycles. The summed E-state index contributed by atoms with van der Waals surface area (Å²) in [5.74, 6) is 0.585. The van der Waals surface area contributed by atoms with E-state index in [0.29, 0.717) is 10.5 Å². The van der Waals surface area contributed by atoms with E-state index in [4.69, 9.17) is 4.42 Å². The molecule has 1 rings (SSSR count). The second kappa shape index (κ2) is 3.05. The SMILES string of the molecule is C/[N+]([O-])=C/c1ccc(I)o1. The Hall–Kier alpha value is -0.520. The van der Waals surface area contributed by atoms with Crippen LogP contribution in [0.3, 0.4) is 0 Å². The molecule has 0 N–H and O–H groups in total. The quantitative estimate of drug-likeness (QED) is 0.249. The van der Waals surface area contributed by atoms with Crippen LogP contribution in [0.1, 0.15) is 5.76 Å².